The summed E-state index contributed by atoms with van der Waals surface area (Å²) in [5.41, 5.74) is -3.06. The number of halogens is 3. The van der Waals surface area contributed by atoms with Gasteiger partial charge >= 0.3 is 6.18 Å². The number of sulfonamides is 1. The molecule has 0 radical (unpaired) electrons. The van der Waals surface area contributed by atoms with E-state index in [4.69, 9.17) is 9.26 Å². The lowest BCUT2D eigenvalue weighted by Gasteiger charge is -2.30. The van der Waals surface area contributed by atoms with E-state index in [0.29, 0.717) is 44.3 Å². The molecule has 1 aromatic carbocycles. The maximum Gasteiger partial charge on any atom is 0.438 e. The van der Waals surface area contributed by atoms with Crippen LogP contribution in [-0.2, 0) is 30.6 Å². The highest BCUT2D eigenvalue weighted by molar-refractivity contribution is 7.91. The molecular weight excluding hydrogens is 747 g/mol. The summed E-state index contributed by atoms with van der Waals surface area (Å²) >= 11 is 0. The molecule has 0 spiro atoms. The zero-order valence-corrected chi connectivity index (χ0v) is 30.8. The molecule has 3 aromatic rings. The predicted octanol–water partition coefficient (Wildman–Crippen LogP) is 3.49. The van der Waals surface area contributed by atoms with Crippen LogP contribution in [0.1, 0.15) is 86.7 Å². The maximum absolute atomic E-state index is 14.4. The zero-order chi connectivity index (χ0) is 39.3. The number of ether oxygens (including phenoxy) is 1. The molecule has 4 aliphatic rings. The lowest BCUT2D eigenvalue weighted by Crippen LogP contribution is -2.58. The van der Waals surface area contributed by atoms with Gasteiger partial charge in [-0.2, -0.15) is 13.2 Å². The van der Waals surface area contributed by atoms with Crippen molar-refractivity contribution in [1.29, 1.82) is 0 Å². The van der Waals surface area contributed by atoms with Crippen LogP contribution in [0.5, 0.6) is 5.88 Å². The third-order valence-electron chi connectivity index (χ3n) is 10.7. The van der Waals surface area contributed by atoms with Crippen molar-refractivity contribution in [3.63, 3.8) is 0 Å². The number of alkyl halides is 3. The molecule has 3 N–H and O–H groups in total. The van der Waals surface area contributed by atoms with Gasteiger partial charge in [-0.3, -0.25) is 23.9 Å². The number of para-hydroxylation sites is 2. The number of amides is 4. The first-order valence-corrected chi connectivity index (χ1v) is 19.6. The van der Waals surface area contributed by atoms with Crippen LogP contribution in [0, 0.1) is 12.8 Å². The quantitative estimate of drug-likeness (QED) is 0.296. The average Bonchev–Trinajstić information content (AvgIpc) is 3.93. The fourth-order valence-electron chi connectivity index (χ4n) is 7.06. The van der Waals surface area contributed by atoms with Gasteiger partial charge in [-0.05, 0) is 64.5 Å². The average molecular weight is 788 g/mol. The highest BCUT2D eigenvalue weighted by Gasteiger charge is 2.63. The van der Waals surface area contributed by atoms with Gasteiger partial charge in [-0.15, -0.1) is 0 Å². The summed E-state index contributed by atoms with van der Waals surface area (Å²) in [5.74, 6) is -4.27. The van der Waals surface area contributed by atoms with Crippen LogP contribution in [0.4, 0.5) is 13.2 Å². The molecule has 55 heavy (non-hydrogen) atoms. The van der Waals surface area contributed by atoms with Crippen molar-refractivity contribution >= 4 is 44.7 Å². The Labute approximate surface area is 313 Å². The van der Waals surface area contributed by atoms with Gasteiger partial charge in [-0.1, -0.05) is 42.3 Å². The van der Waals surface area contributed by atoms with E-state index in [1.54, 1.807) is 19.1 Å². The second-order valence-corrected chi connectivity index (χ2v) is 17.1. The molecule has 7 rings (SSSR count). The number of rotatable bonds is 7. The monoisotopic (exact) mass is 787 g/mol. The number of allylic oxidation sites excluding steroid dienone is 1. The number of aromatic nitrogens is 3. The second-order valence-electron chi connectivity index (χ2n) is 14.9. The molecule has 2 saturated carbocycles. The van der Waals surface area contributed by atoms with E-state index in [-0.39, 0.29) is 36.0 Å². The lowest BCUT2D eigenvalue weighted by molar-refractivity contribution is -0.143. The Hall–Kier alpha value is -5.07. The van der Waals surface area contributed by atoms with E-state index in [1.807, 2.05) is 6.08 Å². The summed E-state index contributed by atoms with van der Waals surface area (Å²) in [6.07, 6.45) is 0.477. The highest BCUT2D eigenvalue weighted by atomic mass is 32.2. The molecule has 4 amide bonds. The molecule has 2 aliphatic heterocycles. The maximum atomic E-state index is 14.4. The standard InChI is InChI=1S/C36H40F3N7O8S/c1-20-16-26(44-54-20)29(47)41-25-13-7-5-3-4-6-10-21-18-35(21,33(50)45-55(51,52)34(2)14-15-34)43-30(48)27-17-22(19-46(27)32(25)49)53-31-28(36(37,38)39)40-23-11-8-9-12-24(23)42-31/h6,8-12,16,21-22,25,27H,3-5,7,13-15,17-19H2,1-2H3,(H,41,47)(H,43,48)(H,45,50). The third kappa shape index (κ3) is 7.75. The van der Waals surface area contributed by atoms with E-state index >= 15 is 0 Å². The minimum atomic E-state index is -4.97. The normalized spacial score (nSPS) is 26.9. The van der Waals surface area contributed by atoms with Crippen LogP contribution in [0.2, 0.25) is 0 Å². The van der Waals surface area contributed by atoms with Crippen molar-refractivity contribution in [3.8, 4) is 5.88 Å². The van der Waals surface area contributed by atoms with E-state index < -0.39 is 92.3 Å². The van der Waals surface area contributed by atoms with Gasteiger partial charge in [0.1, 0.15) is 29.5 Å². The first-order valence-electron chi connectivity index (χ1n) is 18.1. The topological polar surface area (TPSA) is 203 Å². The first kappa shape index (κ1) is 38.2. The van der Waals surface area contributed by atoms with Crippen LogP contribution < -0.4 is 20.1 Å². The van der Waals surface area contributed by atoms with Crippen molar-refractivity contribution in [2.24, 2.45) is 5.92 Å². The zero-order valence-electron chi connectivity index (χ0n) is 30.0. The summed E-state index contributed by atoms with van der Waals surface area (Å²) in [5, 5.41) is 9.12. The number of nitrogens with one attached hydrogen (secondary N) is 3. The predicted molar refractivity (Wildman–Crippen MR) is 187 cm³/mol. The van der Waals surface area contributed by atoms with Crippen LogP contribution in [0.15, 0.2) is 47.0 Å². The summed E-state index contributed by atoms with van der Waals surface area (Å²) in [7, 11) is -4.09. The number of hydrogen-bond acceptors (Lipinski definition) is 11. The van der Waals surface area contributed by atoms with Crippen LogP contribution >= 0.6 is 0 Å². The number of benzene rings is 1. The number of hydrogen-bond donors (Lipinski definition) is 3. The van der Waals surface area contributed by atoms with Gasteiger partial charge in [0.05, 0.1) is 22.3 Å². The molecule has 294 valence electrons. The first-order chi connectivity index (χ1) is 26.0. The molecule has 2 aromatic heterocycles. The molecule has 15 nitrogen and oxygen atoms in total. The van der Waals surface area contributed by atoms with Gasteiger partial charge in [0.15, 0.2) is 5.69 Å². The Morgan fingerprint density at radius 1 is 1.09 bits per heavy atom. The molecule has 19 heteroatoms. The molecule has 0 bridgehead atoms. The van der Waals surface area contributed by atoms with Crippen LogP contribution in [0.25, 0.3) is 11.0 Å². The third-order valence-corrected chi connectivity index (χ3v) is 12.9. The second kappa shape index (κ2) is 14.2. The molecule has 5 unspecified atom stereocenters. The summed E-state index contributed by atoms with van der Waals surface area (Å²) in [4.78, 5) is 64.7. The highest BCUT2D eigenvalue weighted by Crippen LogP contribution is 2.47. The van der Waals surface area contributed by atoms with E-state index in [0.717, 1.165) is 4.90 Å². The number of aryl methyl sites for hydroxylation is 1. The summed E-state index contributed by atoms with van der Waals surface area (Å²) in [6.45, 7) is 2.71. The smallest absolute Gasteiger partial charge is 0.438 e. The molecule has 1 saturated heterocycles. The van der Waals surface area contributed by atoms with E-state index in [9.17, 15) is 40.8 Å². The van der Waals surface area contributed by atoms with Gasteiger partial charge < -0.3 is 24.8 Å². The van der Waals surface area contributed by atoms with Crippen LogP contribution in [-0.4, -0.2) is 87.1 Å². The number of fused-ring (bicyclic) bond motifs is 3. The number of carbonyl (C=O) groups excluding carboxylic acids is 4. The summed E-state index contributed by atoms with van der Waals surface area (Å²) in [6, 6.07) is 4.70. The molecule has 4 heterocycles. The van der Waals surface area contributed by atoms with E-state index in [2.05, 4.69) is 30.5 Å². The number of carbonyl (C=O) groups is 4. The Morgan fingerprint density at radius 3 is 2.49 bits per heavy atom. The van der Waals surface area contributed by atoms with E-state index in [1.165, 1.54) is 31.2 Å². The van der Waals surface area contributed by atoms with Crippen molar-refractivity contribution in [1.82, 2.24) is 35.4 Å². The SMILES string of the molecule is Cc1cc(C(=O)NC2CCCCCC=CC3CC3(C(=O)NS(=O)(=O)C3(C)CC3)NC(=O)C3CC(Oc4nc5ccccc5nc4C(F)(F)F)CN3C2=O)no1. The Morgan fingerprint density at radius 2 is 1.82 bits per heavy atom. The van der Waals surface area contributed by atoms with Gasteiger partial charge in [0.2, 0.25) is 33.4 Å². The Kier molecular flexibility index (Phi) is 9.88. The van der Waals surface area contributed by atoms with Crippen molar-refractivity contribution in [2.75, 3.05) is 6.54 Å². The summed E-state index contributed by atoms with van der Waals surface area (Å²) < 4.78 is 80.9. The fourth-order valence-corrected chi connectivity index (χ4v) is 8.37. The fraction of sp³-hybridized carbons (Fsp3) is 0.528. The van der Waals surface area contributed by atoms with Crippen LogP contribution in [0.3, 0.4) is 0 Å². The molecule has 2 aliphatic carbocycles. The van der Waals surface area contributed by atoms with Crippen molar-refractivity contribution in [3.05, 3.63) is 59.6 Å². The largest absolute Gasteiger partial charge is 0.471 e. The number of nitrogens with zero attached hydrogens (tertiary/aromatic N) is 4. The minimum Gasteiger partial charge on any atom is -0.471 e. The Balaban J connectivity index is 1.22. The Bertz CT molecular complexity index is 2170. The molecule has 5 atom stereocenters. The molecule has 3 fully saturated rings. The minimum absolute atomic E-state index is 0.0222. The van der Waals surface area contributed by atoms with Crippen molar-refractivity contribution < 1.29 is 50.0 Å². The molecular formula is C36H40F3N7O8S. The van der Waals surface area contributed by atoms with Gasteiger partial charge in [0.25, 0.3) is 11.8 Å². The van der Waals surface area contributed by atoms with Gasteiger partial charge in [-0.25, -0.2) is 18.4 Å². The van der Waals surface area contributed by atoms with Crippen molar-refractivity contribution in [2.45, 2.75) is 106 Å². The lowest BCUT2D eigenvalue weighted by atomic mass is 10.0. The van der Waals surface area contributed by atoms with Gasteiger partial charge in [0, 0.05) is 18.4 Å².